The summed E-state index contributed by atoms with van der Waals surface area (Å²) in [5.41, 5.74) is 1.41. The second kappa shape index (κ2) is 8.07. The van der Waals surface area contributed by atoms with E-state index in [9.17, 15) is 4.79 Å². The molecule has 0 aliphatic carbocycles. The van der Waals surface area contributed by atoms with Crippen LogP contribution in [0.15, 0.2) is 42.6 Å². The molecule has 1 amide bonds. The van der Waals surface area contributed by atoms with Crippen molar-refractivity contribution in [3.05, 3.63) is 54.0 Å². The molecular weight excluding hydrogens is 316 g/mol. The van der Waals surface area contributed by atoms with Gasteiger partial charge in [-0.3, -0.25) is 9.78 Å². The van der Waals surface area contributed by atoms with Gasteiger partial charge in [0.15, 0.2) is 0 Å². The highest BCUT2D eigenvalue weighted by molar-refractivity contribution is 5.92. The number of aromatic nitrogens is 2. The molecule has 2 aromatic heterocycles. The van der Waals surface area contributed by atoms with Crippen molar-refractivity contribution in [1.82, 2.24) is 14.9 Å². The van der Waals surface area contributed by atoms with Crippen LogP contribution < -0.4 is 4.90 Å². The van der Waals surface area contributed by atoms with Crippen molar-refractivity contribution in [2.24, 2.45) is 0 Å². The summed E-state index contributed by atoms with van der Waals surface area (Å²) < 4.78 is 6.03. The zero-order chi connectivity index (χ0) is 17.6. The largest absolute Gasteiger partial charge is 0.370 e. The fourth-order valence-corrected chi connectivity index (χ4v) is 2.92. The van der Waals surface area contributed by atoms with Gasteiger partial charge in [0.25, 0.3) is 5.91 Å². The normalized spacial score (nSPS) is 17.4. The summed E-state index contributed by atoms with van der Waals surface area (Å²) in [6.45, 7) is 2.22. The van der Waals surface area contributed by atoms with Gasteiger partial charge in [0.05, 0.1) is 18.4 Å². The number of rotatable bonds is 5. The number of amides is 1. The summed E-state index contributed by atoms with van der Waals surface area (Å²) in [6.07, 6.45) is 3.99. The Balaban J connectivity index is 1.63. The van der Waals surface area contributed by atoms with Crippen molar-refractivity contribution in [3.8, 4) is 0 Å². The first-order valence-electron chi connectivity index (χ1n) is 8.58. The summed E-state index contributed by atoms with van der Waals surface area (Å²) in [6, 6.07) is 11.4. The maximum absolute atomic E-state index is 12.1. The van der Waals surface area contributed by atoms with Crippen LogP contribution in [0.3, 0.4) is 0 Å². The summed E-state index contributed by atoms with van der Waals surface area (Å²) >= 11 is 0. The topological polar surface area (TPSA) is 58.6 Å². The Labute approximate surface area is 148 Å². The van der Waals surface area contributed by atoms with E-state index in [2.05, 4.69) is 14.9 Å². The lowest BCUT2D eigenvalue weighted by atomic mass is 10.1. The number of carbonyl (C=O) groups excluding carboxylic acids is 1. The first-order valence-corrected chi connectivity index (χ1v) is 8.58. The van der Waals surface area contributed by atoms with E-state index in [1.807, 2.05) is 30.3 Å². The molecule has 6 nitrogen and oxygen atoms in total. The fourth-order valence-electron chi connectivity index (χ4n) is 2.92. The van der Waals surface area contributed by atoms with Crippen LogP contribution in [0.2, 0.25) is 0 Å². The summed E-state index contributed by atoms with van der Waals surface area (Å²) in [7, 11) is 3.47. The molecule has 1 saturated heterocycles. The number of anilines is 1. The van der Waals surface area contributed by atoms with Crippen LogP contribution in [0, 0.1) is 0 Å². The van der Waals surface area contributed by atoms with Gasteiger partial charge in [-0.05, 0) is 37.1 Å². The number of pyridine rings is 2. The number of nitrogens with zero attached hydrogens (tertiary/aromatic N) is 4. The molecule has 0 aromatic carbocycles. The van der Waals surface area contributed by atoms with Gasteiger partial charge >= 0.3 is 0 Å². The average Bonchev–Trinajstić information content (AvgIpc) is 2.67. The van der Waals surface area contributed by atoms with Crippen LogP contribution in [0.5, 0.6) is 0 Å². The van der Waals surface area contributed by atoms with E-state index in [4.69, 9.17) is 4.74 Å². The lowest BCUT2D eigenvalue weighted by molar-refractivity contribution is 0.0297. The maximum atomic E-state index is 12.1. The number of piperidine rings is 1. The third-order valence-corrected chi connectivity index (χ3v) is 4.25. The van der Waals surface area contributed by atoms with E-state index < -0.39 is 0 Å². The van der Waals surface area contributed by atoms with Crippen molar-refractivity contribution < 1.29 is 9.53 Å². The Morgan fingerprint density at radius 1 is 1.28 bits per heavy atom. The molecule has 1 fully saturated rings. The number of hydrogen-bond donors (Lipinski definition) is 0. The third kappa shape index (κ3) is 4.54. The van der Waals surface area contributed by atoms with Gasteiger partial charge in [-0.15, -0.1) is 0 Å². The zero-order valence-electron chi connectivity index (χ0n) is 14.8. The monoisotopic (exact) mass is 340 g/mol. The molecule has 2 aromatic rings. The van der Waals surface area contributed by atoms with Crippen molar-refractivity contribution in [2.75, 3.05) is 32.1 Å². The van der Waals surface area contributed by atoms with Crippen LogP contribution in [-0.4, -0.2) is 54.1 Å². The third-order valence-electron chi connectivity index (χ3n) is 4.25. The standard InChI is InChI=1S/C19H24N4O2/c1-22(2)19(24)17-9-5-10-18(21-17)23-12-6-8-16(13-23)25-14-15-7-3-4-11-20-15/h3-5,7,9-11,16H,6,8,12-14H2,1-2H3. The van der Waals surface area contributed by atoms with E-state index in [0.717, 1.165) is 37.4 Å². The molecule has 3 rings (SSSR count). The van der Waals surface area contributed by atoms with Gasteiger partial charge in [0.1, 0.15) is 11.5 Å². The summed E-state index contributed by atoms with van der Waals surface area (Å²) in [5.74, 6) is 0.751. The van der Waals surface area contributed by atoms with Gasteiger partial charge in [0.2, 0.25) is 0 Å². The number of hydrogen-bond acceptors (Lipinski definition) is 5. The number of carbonyl (C=O) groups is 1. The molecule has 0 radical (unpaired) electrons. The number of ether oxygens (including phenoxy) is 1. The predicted molar refractivity (Wildman–Crippen MR) is 96.5 cm³/mol. The second-order valence-electron chi connectivity index (χ2n) is 6.42. The first-order chi connectivity index (χ1) is 12.1. The van der Waals surface area contributed by atoms with Crippen LogP contribution in [0.4, 0.5) is 5.82 Å². The van der Waals surface area contributed by atoms with Crippen LogP contribution in [0.25, 0.3) is 0 Å². The lowest BCUT2D eigenvalue weighted by Crippen LogP contribution is -2.40. The highest BCUT2D eigenvalue weighted by Gasteiger charge is 2.22. The van der Waals surface area contributed by atoms with Gasteiger partial charge in [-0.25, -0.2) is 4.98 Å². The Bertz CT molecular complexity index is 706. The molecule has 0 N–H and O–H groups in total. The summed E-state index contributed by atoms with van der Waals surface area (Å²) in [4.78, 5) is 24.7. The smallest absolute Gasteiger partial charge is 0.272 e. The second-order valence-corrected chi connectivity index (χ2v) is 6.42. The molecular formula is C19H24N4O2. The van der Waals surface area contributed by atoms with Gasteiger partial charge in [-0.1, -0.05) is 12.1 Å². The Morgan fingerprint density at radius 2 is 2.16 bits per heavy atom. The Kier molecular flexibility index (Phi) is 5.60. The molecule has 1 aliphatic heterocycles. The van der Waals surface area contributed by atoms with Gasteiger partial charge in [0, 0.05) is 33.4 Å². The molecule has 132 valence electrons. The first kappa shape index (κ1) is 17.4. The SMILES string of the molecule is CN(C)C(=O)c1cccc(N2CCCC(OCc3ccccn3)C2)n1. The molecule has 3 heterocycles. The molecule has 1 atom stereocenters. The van der Waals surface area contributed by atoms with Crippen molar-refractivity contribution in [1.29, 1.82) is 0 Å². The Morgan fingerprint density at radius 3 is 2.92 bits per heavy atom. The highest BCUT2D eigenvalue weighted by atomic mass is 16.5. The minimum absolute atomic E-state index is 0.0817. The van der Waals surface area contributed by atoms with E-state index in [1.54, 1.807) is 31.3 Å². The van der Waals surface area contributed by atoms with Crippen LogP contribution in [0.1, 0.15) is 29.0 Å². The predicted octanol–water partition coefficient (Wildman–Crippen LogP) is 2.36. The van der Waals surface area contributed by atoms with Crippen LogP contribution in [-0.2, 0) is 11.3 Å². The average molecular weight is 340 g/mol. The Hall–Kier alpha value is -2.47. The molecule has 0 saturated carbocycles. The zero-order valence-corrected chi connectivity index (χ0v) is 14.8. The van der Waals surface area contributed by atoms with E-state index in [1.165, 1.54) is 0 Å². The molecule has 6 heteroatoms. The molecule has 0 spiro atoms. The minimum atomic E-state index is -0.0817. The molecule has 1 aliphatic rings. The fraction of sp³-hybridized carbons (Fsp3) is 0.421. The minimum Gasteiger partial charge on any atom is -0.370 e. The van der Waals surface area contributed by atoms with Crippen LogP contribution >= 0.6 is 0 Å². The van der Waals surface area contributed by atoms with Gasteiger partial charge in [-0.2, -0.15) is 0 Å². The van der Waals surface area contributed by atoms with Gasteiger partial charge < -0.3 is 14.5 Å². The van der Waals surface area contributed by atoms with E-state index in [-0.39, 0.29) is 12.0 Å². The van der Waals surface area contributed by atoms with Crippen molar-refractivity contribution in [2.45, 2.75) is 25.6 Å². The summed E-state index contributed by atoms with van der Waals surface area (Å²) in [5, 5.41) is 0. The quantitative estimate of drug-likeness (QED) is 0.836. The maximum Gasteiger partial charge on any atom is 0.272 e. The highest BCUT2D eigenvalue weighted by Crippen LogP contribution is 2.21. The van der Waals surface area contributed by atoms with Crippen molar-refractivity contribution >= 4 is 11.7 Å². The van der Waals surface area contributed by atoms with Crippen molar-refractivity contribution in [3.63, 3.8) is 0 Å². The molecule has 0 bridgehead atoms. The lowest BCUT2D eigenvalue weighted by Gasteiger charge is -2.33. The molecule has 1 unspecified atom stereocenters. The molecule has 25 heavy (non-hydrogen) atoms. The van der Waals surface area contributed by atoms with E-state index in [0.29, 0.717) is 12.3 Å². The van der Waals surface area contributed by atoms with E-state index >= 15 is 0 Å².